The number of hydrogen-bond acceptors (Lipinski definition) is 2. The number of aromatic amines is 1. The molecule has 104 valence electrons. The third-order valence-electron chi connectivity index (χ3n) is 3.26. The number of hydrogen-bond donors (Lipinski definition) is 1. The molecule has 1 N–H and O–H groups in total. The summed E-state index contributed by atoms with van der Waals surface area (Å²) in [6.45, 7) is 8.64. The number of imidazole rings is 1. The third kappa shape index (κ3) is 3.25. The Hall–Kier alpha value is -1.13. The van der Waals surface area contributed by atoms with E-state index in [2.05, 4.69) is 67.5 Å². The fourth-order valence-electron chi connectivity index (χ4n) is 2.75. The highest BCUT2D eigenvalue weighted by atomic mass is 32.1. The quantitative estimate of drug-likeness (QED) is 0.863. The molecule has 0 atom stereocenters. The predicted octanol–water partition coefficient (Wildman–Crippen LogP) is 3.60. The monoisotopic (exact) mass is 277 g/mol. The molecule has 2 aromatic rings. The van der Waals surface area contributed by atoms with Gasteiger partial charge < -0.3 is 14.5 Å². The summed E-state index contributed by atoms with van der Waals surface area (Å²) in [6, 6.07) is 6.42. The summed E-state index contributed by atoms with van der Waals surface area (Å²) in [5.41, 5.74) is 3.77. The Kier molecular flexibility index (Phi) is 3.83. The number of benzene rings is 1. The smallest absolute Gasteiger partial charge is 0.178 e. The summed E-state index contributed by atoms with van der Waals surface area (Å²) in [5.74, 6) is 0. The maximum atomic E-state index is 5.47. The highest BCUT2D eigenvalue weighted by Crippen LogP contribution is 2.23. The highest BCUT2D eigenvalue weighted by molar-refractivity contribution is 7.71. The Morgan fingerprint density at radius 1 is 1.32 bits per heavy atom. The second-order valence-electron chi connectivity index (χ2n) is 6.44. The first-order valence-electron chi connectivity index (χ1n) is 6.62. The van der Waals surface area contributed by atoms with E-state index in [9.17, 15) is 0 Å². The average molecular weight is 277 g/mol. The minimum Gasteiger partial charge on any atom is -0.331 e. The zero-order chi connectivity index (χ0) is 14.2. The minimum atomic E-state index is 0.181. The lowest BCUT2D eigenvalue weighted by Crippen LogP contribution is -2.32. The lowest BCUT2D eigenvalue weighted by atomic mass is 9.93. The van der Waals surface area contributed by atoms with Crippen molar-refractivity contribution in [3.8, 4) is 0 Å². The molecule has 0 aliphatic heterocycles. The lowest BCUT2D eigenvalue weighted by molar-refractivity contribution is 0.212. The van der Waals surface area contributed by atoms with Crippen LogP contribution in [0.15, 0.2) is 18.2 Å². The number of aromatic nitrogens is 2. The second kappa shape index (κ2) is 5.10. The fraction of sp³-hybridized carbons (Fsp3) is 0.533. The number of nitrogens with zero attached hydrogens (tertiary/aromatic N) is 2. The van der Waals surface area contributed by atoms with Crippen LogP contribution in [-0.2, 0) is 6.54 Å². The topological polar surface area (TPSA) is 24.0 Å². The Morgan fingerprint density at radius 2 is 2.00 bits per heavy atom. The molecule has 3 nitrogen and oxygen atoms in total. The molecule has 0 amide bonds. The summed E-state index contributed by atoms with van der Waals surface area (Å²) in [6.07, 6.45) is 0. The van der Waals surface area contributed by atoms with Gasteiger partial charge in [-0.2, -0.15) is 0 Å². The largest absolute Gasteiger partial charge is 0.331 e. The van der Waals surface area contributed by atoms with Crippen LogP contribution in [0, 0.1) is 17.1 Å². The number of aryl methyl sites for hydroxylation is 1. The van der Waals surface area contributed by atoms with E-state index in [-0.39, 0.29) is 5.41 Å². The molecule has 0 spiro atoms. The van der Waals surface area contributed by atoms with Crippen molar-refractivity contribution in [2.75, 3.05) is 20.6 Å². The Balaban J connectivity index is 2.42. The average Bonchev–Trinajstić information content (AvgIpc) is 2.53. The van der Waals surface area contributed by atoms with E-state index in [1.807, 2.05) is 0 Å². The zero-order valence-corrected chi connectivity index (χ0v) is 13.3. The molecule has 1 aromatic heterocycles. The Bertz CT molecular complexity index is 634. The zero-order valence-electron chi connectivity index (χ0n) is 12.4. The van der Waals surface area contributed by atoms with Crippen LogP contribution in [0.3, 0.4) is 0 Å². The van der Waals surface area contributed by atoms with Gasteiger partial charge in [0.2, 0.25) is 0 Å². The molecule has 0 fully saturated rings. The van der Waals surface area contributed by atoms with Gasteiger partial charge in [0, 0.05) is 13.1 Å². The number of nitrogens with one attached hydrogen (secondary N) is 1. The number of rotatable bonds is 4. The van der Waals surface area contributed by atoms with E-state index in [0.717, 1.165) is 23.4 Å². The van der Waals surface area contributed by atoms with Gasteiger partial charge in [-0.25, -0.2) is 0 Å². The summed E-state index contributed by atoms with van der Waals surface area (Å²) in [7, 11) is 4.22. The van der Waals surface area contributed by atoms with Crippen LogP contribution in [0.2, 0.25) is 0 Å². The van der Waals surface area contributed by atoms with Crippen LogP contribution in [0.25, 0.3) is 11.0 Å². The molecule has 1 heterocycles. The molecule has 0 radical (unpaired) electrons. The molecule has 0 unspecified atom stereocenters. The van der Waals surface area contributed by atoms with Crippen LogP contribution >= 0.6 is 12.2 Å². The standard InChI is InChI=1S/C15H23N3S/c1-11-6-7-12-13(8-11)18(14(19)16-12)10-15(2,3)9-17(4)5/h6-8H,9-10H2,1-5H3,(H,16,19). The SMILES string of the molecule is Cc1ccc2[nH]c(=S)n(CC(C)(C)CN(C)C)c2c1. The van der Waals surface area contributed by atoms with Crippen molar-refractivity contribution in [1.82, 2.24) is 14.5 Å². The van der Waals surface area contributed by atoms with Crippen LogP contribution in [-0.4, -0.2) is 35.1 Å². The van der Waals surface area contributed by atoms with Crippen LogP contribution < -0.4 is 0 Å². The van der Waals surface area contributed by atoms with Crippen LogP contribution in [0.1, 0.15) is 19.4 Å². The first kappa shape index (κ1) is 14.3. The van der Waals surface area contributed by atoms with Gasteiger partial charge in [0.1, 0.15) is 0 Å². The summed E-state index contributed by atoms with van der Waals surface area (Å²) in [4.78, 5) is 5.52. The molecule has 19 heavy (non-hydrogen) atoms. The number of fused-ring (bicyclic) bond motifs is 1. The van der Waals surface area contributed by atoms with Gasteiger partial charge in [-0.05, 0) is 56.3 Å². The molecule has 4 heteroatoms. The highest BCUT2D eigenvalue weighted by Gasteiger charge is 2.21. The molecular formula is C15H23N3S. The van der Waals surface area contributed by atoms with E-state index < -0.39 is 0 Å². The Labute approximate surface area is 120 Å². The van der Waals surface area contributed by atoms with Crippen molar-refractivity contribution in [2.45, 2.75) is 27.3 Å². The molecule has 1 aromatic carbocycles. The summed E-state index contributed by atoms with van der Waals surface area (Å²) >= 11 is 5.47. The molecule has 0 bridgehead atoms. The van der Waals surface area contributed by atoms with Crippen LogP contribution in [0.4, 0.5) is 0 Å². The first-order chi connectivity index (χ1) is 8.78. The molecule has 0 aliphatic rings. The van der Waals surface area contributed by atoms with E-state index in [0.29, 0.717) is 0 Å². The molecule has 0 saturated heterocycles. The Morgan fingerprint density at radius 3 is 2.63 bits per heavy atom. The van der Waals surface area contributed by atoms with Crippen molar-refractivity contribution in [2.24, 2.45) is 5.41 Å². The van der Waals surface area contributed by atoms with Gasteiger partial charge >= 0.3 is 0 Å². The second-order valence-corrected chi connectivity index (χ2v) is 6.83. The van der Waals surface area contributed by atoms with Gasteiger partial charge in [-0.15, -0.1) is 0 Å². The van der Waals surface area contributed by atoms with Gasteiger partial charge in [-0.3, -0.25) is 0 Å². The third-order valence-corrected chi connectivity index (χ3v) is 3.58. The summed E-state index contributed by atoms with van der Waals surface area (Å²) < 4.78 is 3.04. The maximum Gasteiger partial charge on any atom is 0.178 e. The van der Waals surface area contributed by atoms with Crippen molar-refractivity contribution < 1.29 is 0 Å². The first-order valence-corrected chi connectivity index (χ1v) is 7.03. The maximum absolute atomic E-state index is 5.47. The van der Waals surface area contributed by atoms with Gasteiger partial charge in [0.15, 0.2) is 4.77 Å². The van der Waals surface area contributed by atoms with E-state index in [1.54, 1.807) is 0 Å². The normalized spacial score (nSPS) is 12.5. The molecule has 0 saturated carbocycles. The number of H-pyrrole nitrogens is 1. The van der Waals surface area contributed by atoms with Crippen molar-refractivity contribution in [3.05, 3.63) is 28.5 Å². The summed E-state index contributed by atoms with van der Waals surface area (Å²) in [5, 5.41) is 0. The van der Waals surface area contributed by atoms with Gasteiger partial charge in [-0.1, -0.05) is 19.9 Å². The fourth-order valence-corrected chi connectivity index (χ4v) is 3.03. The lowest BCUT2D eigenvalue weighted by Gasteiger charge is -2.28. The van der Waals surface area contributed by atoms with Gasteiger partial charge in [0.25, 0.3) is 0 Å². The molecular weight excluding hydrogens is 254 g/mol. The van der Waals surface area contributed by atoms with E-state index >= 15 is 0 Å². The molecule has 2 rings (SSSR count). The predicted molar refractivity (Wildman–Crippen MR) is 84.2 cm³/mol. The van der Waals surface area contributed by atoms with Crippen molar-refractivity contribution >= 4 is 23.3 Å². The van der Waals surface area contributed by atoms with Gasteiger partial charge in [0.05, 0.1) is 11.0 Å². The van der Waals surface area contributed by atoms with E-state index in [1.165, 1.54) is 11.1 Å². The molecule has 0 aliphatic carbocycles. The van der Waals surface area contributed by atoms with Crippen molar-refractivity contribution in [1.29, 1.82) is 0 Å². The minimum absolute atomic E-state index is 0.181. The van der Waals surface area contributed by atoms with Crippen LogP contribution in [0.5, 0.6) is 0 Å². The van der Waals surface area contributed by atoms with Crippen molar-refractivity contribution in [3.63, 3.8) is 0 Å². The van der Waals surface area contributed by atoms with E-state index in [4.69, 9.17) is 12.2 Å².